The van der Waals surface area contributed by atoms with Crippen molar-refractivity contribution >= 4 is 9.84 Å². The number of hydrogen-bond acceptors (Lipinski definition) is 3. The first kappa shape index (κ1) is 19.9. The lowest BCUT2D eigenvalue weighted by atomic mass is 10.1. The molecule has 0 saturated carbocycles. The van der Waals surface area contributed by atoms with Crippen molar-refractivity contribution in [3.8, 4) is 0 Å². The summed E-state index contributed by atoms with van der Waals surface area (Å²) < 4.78 is 23.5. The topological polar surface area (TPSA) is 60.2 Å². The van der Waals surface area contributed by atoms with Crippen LogP contribution in [0.15, 0.2) is 0 Å². The van der Waals surface area contributed by atoms with Crippen molar-refractivity contribution in [2.75, 3.05) is 11.5 Å². The van der Waals surface area contributed by atoms with Crippen LogP contribution in [-0.4, -0.2) is 26.0 Å². The van der Waals surface area contributed by atoms with E-state index in [2.05, 4.69) is 6.92 Å². The highest BCUT2D eigenvalue weighted by Crippen LogP contribution is 2.11. The summed E-state index contributed by atoms with van der Waals surface area (Å²) >= 11 is 0. The third-order valence-corrected chi connectivity index (χ3v) is 5.65. The van der Waals surface area contributed by atoms with E-state index < -0.39 is 9.84 Å². The van der Waals surface area contributed by atoms with Gasteiger partial charge >= 0.3 is 0 Å². The first-order valence-corrected chi connectivity index (χ1v) is 10.3. The average Bonchev–Trinajstić information content (AvgIpc) is 2.40. The molecule has 20 heavy (non-hydrogen) atoms. The summed E-state index contributed by atoms with van der Waals surface area (Å²) in [6, 6.07) is -0.192. The molecule has 0 rings (SSSR count). The normalized spacial score (nSPS) is 13.6. The summed E-state index contributed by atoms with van der Waals surface area (Å²) in [5.74, 6) is 0.470. The van der Waals surface area contributed by atoms with Gasteiger partial charge in [0.1, 0.15) is 0 Å². The van der Waals surface area contributed by atoms with Gasteiger partial charge in [-0.3, -0.25) is 0 Å². The fourth-order valence-electron chi connectivity index (χ4n) is 2.34. The molecule has 0 radical (unpaired) electrons. The Balaban J connectivity index is 3.39. The number of sulfone groups is 1. The van der Waals surface area contributed by atoms with E-state index in [4.69, 9.17) is 5.73 Å². The smallest absolute Gasteiger partial charge is 0.151 e. The molecule has 0 aliphatic rings. The predicted octanol–water partition coefficient (Wildman–Crippen LogP) is 4.06. The van der Waals surface area contributed by atoms with Gasteiger partial charge in [-0.1, -0.05) is 71.6 Å². The van der Waals surface area contributed by atoms with Crippen LogP contribution in [0.3, 0.4) is 0 Å². The van der Waals surface area contributed by atoms with E-state index in [0.717, 1.165) is 19.3 Å². The van der Waals surface area contributed by atoms with Gasteiger partial charge in [0.15, 0.2) is 9.84 Å². The van der Waals surface area contributed by atoms with Gasteiger partial charge in [0.25, 0.3) is 0 Å². The SMILES string of the molecule is CCCCCCCCCCCCS(=O)(=O)CC(N)CC. The number of rotatable bonds is 14. The maximum absolute atomic E-state index is 11.8. The summed E-state index contributed by atoms with van der Waals surface area (Å²) in [7, 11) is -2.93. The summed E-state index contributed by atoms with van der Waals surface area (Å²) in [6.45, 7) is 4.17. The molecule has 4 heteroatoms. The second kappa shape index (κ2) is 12.6. The van der Waals surface area contributed by atoms with Crippen LogP contribution in [0.4, 0.5) is 0 Å². The van der Waals surface area contributed by atoms with Crippen LogP contribution in [0.1, 0.15) is 84.5 Å². The van der Waals surface area contributed by atoms with Gasteiger partial charge in [0.05, 0.1) is 11.5 Å². The van der Waals surface area contributed by atoms with Gasteiger partial charge in [-0.2, -0.15) is 0 Å². The summed E-state index contributed by atoms with van der Waals surface area (Å²) in [5, 5.41) is 0. The Morgan fingerprint density at radius 1 is 0.800 bits per heavy atom. The molecule has 0 aromatic heterocycles. The molecule has 0 spiro atoms. The standard InChI is InChI=1S/C16H35NO2S/c1-3-5-6-7-8-9-10-11-12-13-14-20(18,19)15-16(17)4-2/h16H,3-15,17H2,1-2H3. The molecule has 0 fully saturated rings. The molecule has 122 valence electrons. The molecule has 3 nitrogen and oxygen atoms in total. The maximum Gasteiger partial charge on any atom is 0.151 e. The maximum atomic E-state index is 11.8. The van der Waals surface area contributed by atoms with E-state index in [0.29, 0.717) is 5.75 Å². The molecular weight excluding hydrogens is 270 g/mol. The Morgan fingerprint density at radius 2 is 1.25 bits per heavy atom. The number of nitrogens with two attached hydrogens (primary N) is 1. The highest BCUT2D eigenvalue weighted by Gasteiger charge is 2.14. The molecular formula is C16H35NO2S. The largest absolute Gasteiger partial charge is 0.327 e. The zero-order valence-corrected chi connectivity index (χ0v) is 14.4. The van der Waals surface area contributed by atoms with Crippen molar-refractivity contribution in [1.82, 2.24) is 0 Å². The molecule has 0 aliphatic carbocycles. The zero-order chi connectivity index (χ0) is 15.3. The van der Waals surface area contributed by atoms with E-state index in [1.54, 1.807) is 0 Å². The Kier molecular flexibility index (Phi) is 12.6. The minimum atomic E-state index is -2.93. The van der Waals surface area contributed by atoms with E-state index in [9.17, 15) is 8.42 Å². The molecule has 2 N–H and O–H groups in total. The van der Waals surface area contributed by atoms with Crippen molar-refractivity contribution in [1.29, 1.82) is 0 Å². The van der Waals surface area contributed by atoms with Crippen LogP contribution in [0.25, 0.3) is 0 Å². The third kappa shape index (κ3) is 12.9. The summed E-state index contributed by atoms with van der Waals surface area (Å²) in [5.41, 5.74) is 5.70. The Labute approximate surface area is 126 Å². The first-order valence-electron chi connectivity index (χ1n) is 8.47. The van der Waals surface area contributed by atoms with Crippen molar-refractivity contribution < 1.29 is 8.42 Å². The monoisotopic (exact) mass is 305 g/mol. The van der Waals surface area contributed by atoms with Crippen LogP contribution in [0.5, 0.6) is 0 Å². The fraction of sp³-hybridized carbons (Fsp3) is 1.00. The van der Waals surface area contributed by atoms with Crippen LogP contribution in [-0.2, 0) is 9.84 Å². The van der Waals surface area contributed by atoms with Gasteiger partial charge < -0.3 is 5.73 Å². The van der Waals surface area contributed by atoms with Crippen molar-refractivity contribution in [3.05, 3.63) is 0 Å². The highest BCUT2D eigenvalue weighted by molar-refractivity contribution is 7.91. The molecule has 0 aromatic carbocycles. The van der Waals surface area contributed by atoms with Gasteiger partial charge in [-0.15, -0.1) is 0 Å². The summed E-state index contributed by atoms with van der Waals surface area (Å²) in [4.78, 5) is 0. The van der Waals surface area contributed by atoms with Gasteiger partial charge in [-0.05, 0) is 12.8 Å². The number of unbranched alkanes of at least 4 members (excludes halogenated alkanes) is 9. The van der Waals surface area contributed by atoms with Crippen molar-refractivity contribution in [3.63, 3.8) is 0 Å². The van der Waals surface area contributed by atoms with Crippen molar-refractivity contribution in [2.45, 2.75) is 90.5 Å². The van der Waals surface area contributed by atoms with Crippen LogP contribution in [0, 0.1) is 0 Å². The lowest BCUT2D eigenvalue weighted by molar-refractivity contribution is 0.555. The van der Waals surface area contributed by atoms with Crippen molar-refractivity contribution in [2.24, 2.45) is 5.73 Å². The molecule has 0 amide bonds. The number of hydrogen-bond donors (Lipinski definition) is 1. The molecule has 0 heterocycles. The van der Waals surface area contributed by atoms with Crippen LogP contribution < -0.4 is 5.73 Å². The second-order valence-electron chi connectivity index (χ2n) is 5.96. The van der Waals surface area contributed by atoms with Gasteiger partial charge in [0, 0.05) is 6.04 Å². The minimum absolute atomic E-state index is 0.154. The van der Waals surface area contributed by atoms with E-state index in [1.165, 1.54) is 51.4 Å². The molecule has 0 aliphatic heterocycles. The second-order valence-corrected chi connectivity index (χ2v) is 8.19. The quantitative estimate of drug-likeness (QED) is 0.492. The predicted molar refractivity (Wildman–Crippen MR) is 88.8 cm³/mol. The van der Waals surface area contributed by atoms with Crippen LogP contribution >= 0.6 is 0 Å². The molecule has 1 unspecified atom stereocenters. The minimum Gasteiger partial charge on any atom is -0.327 e. The highest BCUT2D eigenvalue weighted by atomic mass is 32.2. The Morgan fingerprint density at radius 3 is 1.70 bits per heavy atom. The summed E-state index contributed by atoms with van der Waals surface area (Å²) in [6.07, 6.45) is 13.0. The molecule has 0 aromatic rings. The Hall–Kier alpha value is -0.0900. The molecule has 0 saturated heterocycles. The van der Waals surface area contributed by atoms with E-state index in [-0.39, 0.29) is 11.8 Å². The zero-order valence-electron chi connectivity index (χ0n) is 13.6. The fourth-order valence-corrected chi connectivity index (χ4v) is 4.04. The lowest BCUT2D eigenvalue weighted by Crippen LogP contribution is -2.30. The van der Waals surface area contributed by atoms with Gasteiger partial charge in [0.2, 0.25) is 0 Å². The first-order chi connectivity index (χ1) is 9.52. The van der Waals surface area contributed by atoms with Crippen LogP contribution in [0.2, 0.25) is 0 Å². The molecule has 1 atom stereocenters. The van der Waals surface area contributed by atoms with Gasteiger partial charge in [-0.25, -0.2) is 8.42 Å². The third-order valence-electron chi connectivity index (χ3n) is 3.80. The Bertz CT molecular complexity index is 302. The van der Waals surface area contributed by atoms with E-state index in [1.807, 2.05) is 6.92 Å². The van der Waals surface area contributed by atoms with E-state index >= 15 is 0 Å². The molecule has 0 bridgehead atoms. The lowest BCUT2D eigenvalue weighted by Gasteiger charge is -2.09. The average molecular weight is 306 g/mol.